The fourth-order valence-electron chi connectivity index (χ4n) is 1.99. The number of hydrogen-bond acceptors (Lipinski definition) is 2. The largest absolute Gasteiger partial charge is 0.341 e. The quantitative estimate of drug-likeness (QED) is 0.700. The second-order valence-corrected chi connectivity index (χ2v) is 6.35. The van der Waals surface area contributed by atoms with E-state index in [0.29, 0.717) is 23.6 Å². The second kappa shape index (κ2) is 4.42. The molecule has 1 heterocycles. The molecule has 0 aromatic carbocycles. The van der Waals surface area contributed by atoms with Gasteiger partial charge >= 0.3 is 0 Å². The van der Waals surface area contributed by atoms with E-state index in [1.54, 1.807) is 0 Å². The van der Waals surface area contributed by atoms with Crippen LogP contribution < -0.4 is 5.32 Å². The van der Waals surface area contributed by atoms with E-state index < -0.39 is 9.84 Å². The lowest BCUT2D eigenvalue weighted by Gasteiger charge is -2.13. The molecule has 1 saturated heterocycles. The van der Waals surface area contributed by atoms with E-state index in [-0.39, 0.29) is 0 Å². The van der Waals surface area contributed by atoms with Gasteiger partial charge in [-0.05, 0) is 13.3 Å². The van der Waals surface area contributed by atoms with Crippen LogP contribution in [0.1, 0.15) is 33.1 Å². The Morgan fingerprint density at radius 3 is 2.69 bits per heavy atom. The topological polar surface area (TPSA) is 50.8 Å². The molecular formula is C9H20NO2S+. The van der Waals surface area contributed by atoms with Crippen LogP contribution in [0.25, 0.3) is 0 Å². The van der Waals surface area contributed by atoms with Gasteiger partial charge in [-0.1, -0.05) is 13.3 Å². The summed E-state index contributed by atoms with van der Waals surface area (Å²) in [5, 5.41) is 2.23. The molecule has 1 rings (SSSR count). The number of sulfone groups is 1. The molecule has 1 fully saturated rings. The van der Waals surface area contributed by atoms with Crippen LogP contribution >= 0.6 is 0 Å². The fourth-order valence-corrected chi connectivity index (χ4v) is 3.75. The van der Waals surface area contributed by atoms with E-state index in [1.165, 1.54) is 12.8 Å². The van der Waals surface area contributed by atoms with Crippen LogP contribution in [0.2, 0.25) is 0 Å². The average Bonchev–Trinajstić information content (AvgIpc) is 2.30. The molecule has 1 aliphatic heterocycles. The Morgan fingerprint density at radius 2 is 2.23 bits per heavy atom. The monoisotopic (exact) mass is 206 g/mol. The van der Waals surface area contributed by atoms with Crippen LogP contribution in [0.5, 0.6) is 0 Å². The summed E-state index contributed by atoms with van der Waals surface area (Å²) in [6, 6.07) is 0.898. The predicted octanol–water partition coefficient (Wildman–Crippen LogP) is -0.0745. The Hall–Kier alpha value is -0.0900. The summed E-state index contributed by atoms with van der Waals surface area (Å²) in [5.74, 6) is 0.786. The van der Waals surface area contributed by atoms with E-state index in [1.807, 2.05) is 0 Å². The third-order valence-corrected chi connectivity index (χ3v) is 4.41. The second-order valence-electron chi connectivity index (χ2n) is 4.12. The molecule has 1 aliphatic rings. The molecular weight excluding hydrogens is 186 g/mol. The van der Waals surface area contributed by atoms with Gasteiger partial charge in [-0.3, -0.25) is 0 Å². The summed E-state index contributed by atoms with van der Waals surface area (Å²) in [4.78, 5) is 0. The van der Waals surface area contributed by atoms with Crippen LogP contribution in [0.15, 0.2) is 0 Å². The van der Waals surface area contributed by atoms with Gasteiger partial charge in [0.05, 0.1) is 11.8 Å². The van der Waals surface area contributed by atoms with Gasteiger partial charge in [0, 0.05) is 6.42 Å². The Labute approximate surface area is 80.8 Å². The van der Waals surface area contributed by atoms with Gasteiger partial charge in [-0.25, -0.2) is 8.42 Å². The SMILES string of the molecule is CCC[C@H](C)[NH2+][C@@H]1CCS(=O)(=O)C1. The molecule has 4 heteroatoms. The van der Waals surface area contributed by atoms with Crippen molar-refractivity contribution in [2.45, 2.75) is 45.2 Å². The van der Waals surface area contributed by atoms with E-state index >= 15 is 0 Å². The molecule has 0 saturated carbocycles. The highest BCUT2D eigenvalue weighted by Crippen LogP contribution is 2.08. The van der Waals surface area contributed by atoms with E-state index in [0.717, 1.165) is 6.42 Å². The van der Waals surface area contributed by atoms with Gasteiger partial charge in [0.1, 0.15) is 11.8 Å². The molecule has 78 valence electrons. The van der Waals surface area contributed by atoms with Crippen molar-refractivity contribution < 1.29 is 13.7 Å². The van der Waals surface area contributed by atoms with Crippen LogP contribution in [-0.4, -0.2) is 32.0 Å². The molecule has 3 nitrogen and oxygen atoms in total. The van der Waals surface area contributed by atoms with Crippen LogP contribution in [-0.2, 0) is 9.84 Å². The lowest BCUT2D eigenvalue weighted by atomic mass is 10.1. The average molecular weight is 206 g/mol. The first-order chi connectivity index (χ1) is 6.03. The Kier molecular flexibility index (Phi) is 3.74. The van der Waals surface area contributed by atoms with E-state index in [9.17, 15) is 8.42 Å². The van der Waals surface area contributed by atoms with Crippen molar-refractivity contribution in [2.75, 3.05) is 11.5 Å². The van der Waals surface area contributed by atoms with Crippen molar-refractivity contribution >= 4 is 9.84 Å². The number of quaternary nitrogens is 1. The number of nitrogens with two attached hydrogens (primary N) is 1. The molecule has 0 aromatic heterocycles. The van der Waals surface area contributed by atoms with Crippen LogP contribution in [0, 0.1) is 0 Å². The molecule has 0 unspecified atom stereocenters. The van der Waals surface area contributed by atoms with Gasteiger partial charge in [-0.2, -0.15) is 0 Å². The molecule has 2 N–H and O–H groups in total. The zero-order chi connectivity index (χ0) is 9.90. The van der Waals surface area contributed by atoms with Gasteiger partial charge in [0.2, 0.25) is 0 Å². The molecule has 0 amide bonds. The zero-order valence-electron chi connectivity index (χ0n) is 8.49. The minimum absolute atomic E-state index is 0.326. The highest BCUT2D eigenvalue weighted by molar-refractivity contribution is 7.91. The van der Waals surface area contributed by atoms with Gasteiger partial charge in [0.15, 0.2) is 9.84 Å². The third-order valence-electron chi connectivity index (χ3n) is 2.61. The Balaban J connectivity index is 2.32. The van der Waals surface area contributed by atoms with Crippen molar-refractivity contribution in [3.63, 3.8) is 0 Å². The first-order valence-electron chi connectivity index (χ1n) is 5.09. The summed E-state index contributed by atoms with van der Waals surface area (Å²) in [6.45, 7) is 4.34. The molecule has 0 aromatic rings. The van der Waals surface area contributed by atoms with Crippen molar-refractivity contribution in [2.24, 2.45) is 0 Å². The van der Waals surface area contributed by atoms with E-state index in [2.05, 4.69) is 19.2 Å². The van der Waals surface area contributed by atoms with Gasteiger partial charge in [0.25, 0.3) is 0 Å². The van der Waals surface area contributed by atoms with Crippen molar-refractivity contribution in [3.05, 3.63) is 0 Å². The summed E-state index contributed by atoms with van der Waals surface area (Å²) >= 11 is 0. The highest BCUT2D eigenvalue weighted by Gasteiger charge is 2.31. The molecule has 0 aliphatic carbocycles. The lowest BCUT2D eigenvalue weighted by Crippen LogP contribution is -2.94. The minimum atomic E-state index is -2.69. The normalized spacial score (nSPS) is 28.9. The summed E-state index contributed by atoms with van der Waals surface area (Å²) < 4.78 is 22.3. The zero-order valence-corrected chi connectivity index (χ0v) is 9.31. The van der Waals surface area contributed by atoms with E-state index in [4.69, 9.17) is 0 Å². The smallest absolute Gasteiger partial charge is 0.156 e. The molecule has 0 spiro atoms. The number of hydrogen-bond donors (Lipinski definition) is 1. The highest BCUT2D eigenvalue weighted by atomic mass is 32.2. The Morgan fingerprint density at radius 1 is 1.54 bits per heavy atom. The lowest BCUT2D eigenvalue weighted by molar-refractivity contribution is -0.714. The van der Waals surface area contributed by atoms with Gasteiger partial charge < -0.3 is 5.32 Å². The summed E-state index contributed by atoms with van der Waals surface area (Å²) in [5.41, 5.74) is 0. The minimum Gasteiger partial charge on any atom is -0.341 e. The Bertz CT molecular complexity index is 248. The maximum atomic E-state index is 11.2. The first-order valence-corrected chi connectivity index (χ1v) is 6.91. The summed E-state index contributed by atoms with van der Waals surface area (Å²) in [7, 11) is -2.69. The fraction of sp³-hybridized carbons (Fsp3) is 1.00. The molecule has 0 bridgehead atoms. The molecule has 2 atom stereocenters. The van der Waals surface area contributed by atoms with Crippen molar-refractivity contribution in [3.8, 4) is 0 Å². The first kappa shape index (κ1) is 11.0. The summed E-state index contributed by atoms with van der Waals surface area (Å²) in [6.07, 6.45) is 3.20. The van der Waals surface area contributed by atoms with Crippen molar-refractivity contribution in [1.29, 1.82) is 0 Å². The van der Waals surface area contributed by atoms with Gasteiger partial charge in [-0.15, -0.1) is 0 Å². The maximum absolute atomic E-state index is 11.2. The molecule has 0 radical (unpaired) electrons. The van der Waals surface area contributed by atoms with Crippen molar-refractivity contribution in [1.82, 2.24) is 0 Å². The molecule has 13 heavy (non-hydrogen) atoms. The predicted molar refractivity (Wildman–Crippen MR) is 53.4 cm³/mol. The number of rotatable bonds is 4. The van der Waals surface area contributed by atoms with Crippen LogP contribution in [0.3, 0.4) is 0 Å². The standard InChI is InChI=1S/C9H19NO2S/c1-3-4-8(2)10-9-5-6-13(11,12)7-9/h8-10H,3-7H2,1-2H3/p+1/t8-,9+/m0/s1. The maximum Gasteiger partial charge on any atom is 0.156 e. The third kappa shape index (κ3) is 3.65. The van der Waals surface area contributed by atoms with Crippen LogP contribution in [0.4, 0.5) is 0 Å².